The number of hydrogen-bond donors (Lipinski definition) is 1. The lowest BCUT2D eigenvalue weighted by Crippen LogP contribution is -2.19. The molecule has 15 heavy (non-hydrogen) atoms. The van der Waals surface area contributed by atoms with E-state index in [-0.39, 0.29) is 0 Å². The van der Waals surface area contributed by atoms with Gasteiger partial charge in [0, 0.05) is 32.9 Å². The summed E-state index contributed by atoms with van der Waals surface area (Å²) in [5, 5.41) is 6.80. The molecule has 0 amide bonds. The summed E-state index contributed by atoms with van der Waals surface area (Å²) in [7, 11) is 1.69. The minimum absolute atomic E-state index is 0.696. The number of nitrogens with one attached hydrogen (secondary N) is 1. The van der Waals surface area contributed by atoms with Crippen LogP contribution in [-0.4, -0.2) is 38.6 Å². The van der Waals surface area contributed by atoms with Crippen molar-refractivity contribution in [2.75, 3.05) is 33.5 Å². The average molecular weight is 214 g/mol. The number of hydrogen-bond acceptors (Lipinski definition) is 5. The van der Waals surface area contributed by atoms with Crippen LogP contribution in [0.25, 0.3) is 0 Å². The van der Waals surface area contributed by atoms with E-state index in [0.29, 0.717) is 13.2 Å². The fourth-order valence-electron chi connectivity index (χ4n) is 1.10. The van der Waals surface area contributed by atoms with Crippen molar-refractivity contribution >= 4 is 0 Å². The Morgan fingerprint density at radius 3 is 3.07 bits per heavy atom. The molecule has 1 aromatic rings. The molecule has 5 nitrogen and oxygen atoms in total. The van der Waals surface area contributed by atoms with Crippen LogP contribution < -0.4 is 5.32 Å². The van der Waals surface area contributed by atoms with Gasteiger partial charge in [0.2, 0.25) is 0 Å². The molecule has 1 rings (SSSR count). The summed E-state index contributed by atoms with van der Waals surface area (Å²) in [5.74, 6) is 0.842. The minimum Gasteiger partial charge on any atom is -0.385 e. The highest BCUT2D eigenvalue weighted by Gasteiger charge is 1.95. The molecule has 0 saturated heterocycles. The maximum Gasteiger partial charge on any atom is 0.150 e. The predicted octanol–water partition coefficient (Wildman–Crippen LogP) is 0.817. The van der Waals surface area contributed by atoms with Crippen LogP contribution in [-0.2, 0) is 16.0 Å². The molecule has 5 heteroatoms. The molecule has 1 aromatic heterocycles. The molecule has 0 aliphatic carbocycles. The molecule has 1 heterocycles. The van der Waals surface area contributed by atoms with Crippen LogP contribution in [0.1, 0.15) is 12.2 Å². The fraction of sp³-hybridized carbons (Fsp3) is 0.700. The summed E-state index contributed by atoms with van der Waals surface area (Å²) in [6.45, 7) is 3.72. The van der Waals surface area contributed by atoms with Crippen molar-refractivity contribution in [1.82, 2.24) is 10.5 Å². The SMILES string of the molecule is COCCCOCCNCc1ccno1. The van der Waals surface area contributed by atoms with Gasteiger partial charge in [-0.2, -0.15) is 0 Å². The monoisotopic (exact) mass is 214 g/mol. The zero-order chi connectivity index (χ0) is 10.8. The summed E-state index contributed by atoms with van der Waals surface area (Å²) in [6, 6.07) is 1.84. The summed E-state index contributed by atoms with van der Waals surface area (Å²) in [6.07, 6.45) is 2.58. The Kier molecular flexibility index (Phi) is 6.81. The second-order valence-corrected chi connectivity index (χ2v) is 3.11. The third-order valence-corrected chi connectivity index (χ3v) is 1.85. The molecular weight excluding hydrogens is 196 g/mol. The largest absolute Gasteiger partial charge is 0.385 e. The lowest BCUT2D eigenvalue weighted by molar-refractivity contribution is 0.104. The first-order valence-corrected chi connectivity index (χ1v) is 5.10. The molecule has 0 atom stereocenters. The number of methoxy groups -OCH3 is 1. The van der Waals surface area contributed by atoms with Gasteiger partial charge in [0.1, 0.15) is 5.76 Å². The van der Waals surface area contributed by atoms with E-state index in [9.17, 15) is 0 Å². The smallest absolute Gasteiger partial charge is 0.150 e. The van der Waals surface area contributed by atoms with Crippen LogP contribution >= 0.6 is 0 Å². The highest BCUT2D eigenvalue weighted by atomic mass is 16.5. The van der Waals surface area contributed by atoms with Crippen molar-refractivity contribution in [3.8, 4) is 0 Å². The molecule has 0 aliphatic rings. The second-order valence-electron chi connectivity index (χ2n) is 3.11. The van der Waals surface area contributed by atoms with Crippen molar-refractivity contribution in [2.24, 2.45) is 0 Å². The fourth-order valence-corrected chi connectivity index (χ4v) is 1.10. The number of ether oxygens (including phenoxy) is 2. The Balaban J connectivity index is 1.81. The van der Waals surface area contributed by atoms with E-state index in [1.54, 1.807) is 13.3 Å². The van der Waals surface area contributed by atoms with Gasteiger partial charge in [0.15, 0.2) is 0 Å². The van der Waals surface area contributed by atoms with Gasteiger partial charge in [-0.05, 0) is 6.42 Å². The van der Waals surface area contributed by atoms with E-state index < -0.39 is 0 Å². The van der Waals surface area contributed by atoms with E-state index in [1.165, 1.54) is 0 Å². The average Bonchev–Trinajstić information content (AvgIpc) is 2.75. The zero-order valence-corrected chi connectivity index (χ0v) is 9.07. The van der Waals surface area contributed by atoms with Gasteiger partial charge in [-0.25, -0.2) is 0 Å². The number of aromatic nitrogens is 1. The van der Waals surface area contributed by atoms with Gasteiger partial charge in [0.05, 0.1) is 19.3 Å². The van der Waals surface area contributed by atoms with Gasteiger partial charge in [-0.1, -0.05) is 5.16 Å². The van der Waals surface area contributed by atoms with E-state index in [1.807, 2.05) is 6.07 Å². The van der Waals surface area contributed by atoms with E-state index in [4.69, 9.17) is 14.0 Å². The van der Waals surface area contributed by atoms with Crippen molar-refractivity contribution in [3.63, 3.8) is 0 Å². The molecule has 0 aromatic carbocycles. The van der Waals surface area contributed by atoms with Crippen molar-refractivity contribution in [3.05, 3.63) is 18.0 Å². The van der Waals surface area contributed by atoms with Gasteiger partial charge in [-0.3, -0.25) is 0 Å². The normalized spacial score (nSPS) is 10.7. The van der Waals surface area contributed by atoms with Gasteiger partial charge < -0.3 is 19.3 Å². The molecule has 86 valence electrons. The predicted molar refractivity (Wildman–Crippen MR) is 55.5 cm³/mol. The van der Waals surface area contributed by atoms with Gasteiger partial charge >= 0.3 is 0 Å². The van der Waals surface area contributed by atoms with Crippen LogP contribution in [0, 0.1) is 0 Å². The maximum absolute atomic E-state index is 5.37. The molecule has 0 aliphatic heterocycles. The standard InChI is InChI=1S/C10H18N2O3/c1-13-6-2-7-14-8-5-11-9-10-3-4-12-15-10/h3-4,11H,2,5-9H2,1H3. The molecular formula is C10H18N2O3. The number of rotatable bonds is 9. The first kappa shape index (κ1) is 12.2. The van der Waals surface area contributed by atoms with Gasteiger partial charge in [-0.15, -0.1) is 0 Å². The highest BCUT2D eigenvalue weighted by Crippen LogP contribution is 1.94. The molecule has 1 N–H and O–H groups in total. The van der Waals surface area contributed by atoms with Crippen molar-refractivity contribution in [2.45, 2.75) is 13.0 Å². The topological polar surface area (TPSA) is 56.5 Å². The van der Waals surface area contributed by atoms with E-state index in [0.717, 1.165) is 31.9 Å². The maximum atomic E-state index is 5.37. The Morgan fingerprint density at radius 2 is 2.33 bits per heavy atom. The van der Waals surface area contributed by atoms with Crippen molar-refractivity contribution in [1.29, 1.82) is 0 Å². The van der Waals surface area contributed by atoms with Crippen LogP contribution in [0.4, 0.5) is 0 Å². The highest BCUT2D eigenvalue weighted by molar-refractivity contribution is 4.91. The Labute approximate surface area is 89.7 Å². The van der Waals surface area contributed by atoms with Crippen LogP contribution in [0.5, 0.6) is 0 Å². The van der Waals surface area contributed by atoms with Crippen LogP contribution in [0.3, 0.4) is 0 Å². The van der Waals surface area contributed by atoms with Gasteiger partial charge in [0.25, 0.3) is 0 Å². The molecule has 0 saturated carbocycles. The second kappa shape index (κ2) is 8.40. The zero-order valence-electron chi connectivity index (χ0n) is 9.07. The lowest BCUT2D eigenvalue weighted by atomic mass is 10.4. The molecule has 0 unspecified atom stereocenters. The third kappa shape index (κ3) is 6.22. The Bertz CT molecular complexity index is 227. The lowest BCUT2D eigenvalue weighted by Gasteiger charge is -2.04. The summed E-state index contributed by atoms with van der Waals surface area (Å²) in [5.41, 5.74) is 0. The molecule has 0 radical (unpaired) electrons. The molecule has 0 spiro atoms. The molecule has 0 bridgehead atoms. The number of nitrogens with zero attached hydrogens (tertiary/aromatic N) is 1. The summed E-state index contributed by atoms with van der Waals surface area (Å²) in [4.78, 5) is 0. The van der Waals surface area contributed by atoms with E-state index >= 15 is 0 Å². The minimum atomic E-state index is 0.696. The third-order valence-electron chi connectivity index (χ3n) is 1.85. The molecule has 0 fully saturated rings. The van der Waals surface area contributed by atoms with Crippen LogP contribution in [0.15, 0.2) is 16.8 Å². The van der Waals surface area contributed by atoms with Crippen molar-refractivity contribution < 1.29 is 14.0 Å². The van der Waals surface area contributed by atoms with Crippen LogP contribution in [0.2, 0.25) is 0 Å². The summed E-state index contributed by atoms with van der Waals surface area (Å²) >= 11 is 0. The van der Waals surface area contributed by atoms with E-state index in [2.05, 4.69) is 10.5 Å². The summed E-state index contributed by atoms with van der Waals surface area (Å²) < 4.78 is 15.2. The quantitative estimate of drug-likeness (QED) is 0.617. The Morgan fingerprint density at radius 1 is 1.40 bits per heavy atom. The first-order valence-electron chi connectivity index (χ1n) is 5.10. The first-order chi connectivity index (χ1) is 7.43. The Hall–Kier alpha value is -0.910.